The molecule has 0 fully saturated rings. The van der Waals surface area contributed by atoms with Crippen LogP contribution in [-0.2, 0) is 0 Å². The number of fused-ring (bicyclic) bond motifs is 1. The molecular formula is C29H16N2O10. The number of carbonyl (C=O) groups is 5. The van der Waals surface area contributed by atoms with Gasteiger partial charge in [0.2, 0.25) is 0 Å². The molecule has 202 valence electrons. The summed E-state index contributed by atoms with van der Waals surface area (Å²) < 4.78 is 5.62. The number of carbonyl (C=O) groups excluding carboxylic acids is 3. The lowest BCUT2D eigenvalue weighted by Gasteiger charge is -2.15. The van der Waals surface area contributed by atoms with E-state index < -0.39 is 45.6 Å². The van der Waals surface area contributed by atoms with Gasteiger partial charge in [-0.05, 0) is 54.6 Å². The topological polar surface area (TPSA) is 181 Å². The van der Waals surface area contributed by atoms with E-state index in [1.165, 1.54) is 66.7 Å². The third kappa shape index (κ3) is 4.88. The Morgan fingerprint density at radius 2 is 1.34 bits per heavy atom. The van der Waals surface area contributed by atoms with E-state index in [1.54, 1.807) is 0 Å². The number of nitrogens with zero attached hydrogens (tertiary/aromatic N) is 2. The number of rotatable bonds is 8. The summed E-state index contributed by atoms with van der Waals surface area (Å²) >= 11 is 0. The van der Waals surface area contributed by atoms with E-state index in [1.807, 2.05) is 0 Å². The summed E-state index contributed by atoms with van der Waals surface area (Å²) in [6.07, 6.45) is 0. The van der Waals surface area contributed by atoms with Gasteiger partial charge in [0.05, 0.1) is 32.9 Å². The Morgan fingerprint density at radius 3 is 2.00 bits per heavy atom. The van der Waals surface area contributed by atoms with Gasteiger partial charge in [-0.25, -0.2) is 14.5 Å². The summed E-state index contributed by atoms with van der Waals surface area (Å²) in [5.74, 6) is -4.43. The van der Waals surface area contributed by atoms with Crippen LogP contribution >= 0.6 is 0 Å². The van der Waals surface area contributed by atoms with Crippen LogP contribution in [0.1, 0.15) is 57.4 Å². The monoisotopic (exact) mass is 552 g/mol. The maximum absolute atomic E-state index is 13.2. The molecule has 5 rings (SSSR count). The number of hydrogen-bond donors (Lipinski definition) is 2. The smallest absolute Gasteiger partial charge is 0.336 e. The molecule has 1 aliphatic rings. The molecule has 2 amide bonds. The molecule has 0 saturated carbocycles. The second kappa shape index (κ2) is 10.2. The fraction of sp³-hybridized carbons (Fsp3) is 0. The molecule has 0 aliphatic carbocycles. The van der Waals surface area contributed by atoms with E-state index in [4.69, 9.17) is 9.84 Å². The Hall–Kier alpha value is -6.17. The van der Waals surface area contributed by atoms with E-state index in [0.717, 1.165) is 23.1 Å². The molecule has 0 bridgehead atoms. The predicted molar refractivity (Wildman–Crippen MR) is 141 cm³/mol. The van der Waals surface area contributed by atoms with E-state index in [0.29, 0.717) is 0 Å². The van der Waals surface area contributed by atoms with Gasteiger partial charge < -0.3 is 14.9 Å². The quantitative estimate of drug-likeness (QED) is 0.133. The first-order valence-corrected chi connectivity index (χ1v) is 11.8. The number of anilines is 1. The van der Waals surface area contributed by atoms with Crippen LogP contribution in [0.2, 0.25) is 0 Å². The van der Waals surface area contributed by atoms with E-state index in [2.05, 4.69) is 0 Å². The van der Waals surface area contributed by atoms with Crippen LogP contribution in [0.25, 0.3) is 0 Å². The van der Waals surface area contributed by atoms with Crippen molar-refractivity contribution in [3.05, 3.63) is 128 Å². The second-order valence-corrected chi connectivity index (χ2v) is 8.76. The Balaban J connectivity index is 1.37. The molecule has 41 heavy (non-hydrogen) atoms. The summed E-state index contributed by atoms with van der Waals surface area (Å²) in [7, 11) is 0. The number of imide groups is 1. The third-order valence-corrected chi connectivity index (χ3v) is 6.25. The number of aromatic carboxylic acids is 2. The van der Waals surface area contributed by atoms with Gasteiger partial charge in [-0.3, -0.25) is 24.5 Å². The lowest BCUT2D eigenvalue weighted by Crippen LogP contribution is -2.29. The first kappa shape index (κ1) is 26.4. The van der Waals surface area contributed by atoms with Gasteiger partial charge in [-0.15, -0.1) is 0 Å². The number of nitro benzene ring substituents is 1. The molecule has 0 radical (unpaired) electrons. The number of ketones is 1. The van der Waals surface area contributed by atoms with Gasteiger partial charge in [0.25, 0.3) is 17.5 Å². The molecule has 0 aromatic heterocycles. The van der Waals surface area contributed by atoms with Gasteiger partial charge in [0, 0.05) is 23.3 Å². The number of amides is 2. The Labute approximate surface area is 229 Å². The average Bonchev–Trinajstić information content (AvgIpc) is 3.21. The third-order valence-electron chi connectivity index (χ3n) is 6.25. The van der Waals surface area contributed by atoms with Crippen LogP contribution in [0.4, 0.5) is 11.4 Å². The largest absolute Gasteiger partial charge is 0.478 e. The molecule has 0 unspecified atom stereocenters. The standard InChI is InChI=1S/C29H16N2O10/c32-25(15-2-1-3-18(12-15)31(39)40)16-4-10-21-23(13-16)27(34)30(26(21)33)17-5-7-19(8-6-17)41-20-9-11-22(28(35)36)24(14-20)29(37)38/h1-14H,(H,35,36)(H,37,38). The minimum absolute atomic E-state index is 0.00803. The maximum atomic E-state index is 13.2. The van der Waals surface area contributed by atoms with Gasteiger partial charge >= 0.3 is 11.9 Å². The fourth-order valence-corrected chi connectivity index (χ4v) is 4.29. The van der Waals surface area contributed by atoms with Crippen molar-refractivity contribution in [3.8, 4) is 11.5 Å². The van der Waals surface area contributed by atoms with Gasteiger partial charge in [0.15, 0.2) is 5.78 Å². The molecule has 1 heterocycles. The zero-order chi connectivity index (χ0) is 29.4. The normalized spacial score (nSPS) is 12.1. The van der Waals surface area contributed by atoms with Crippen molar-refractivity contribution >= 4 is 40.9 Å². The minimum atomic E-state index is -1.44. The number of ether oxygens (including phenoxy) is 1. The summed E-state index contributed by atoms with van der Waals surface area (Å²) in [5.41, 5.74) is -0.732. The number of non-ortho nitro benzene ring substituents is 1. The highest BCUT2D eigenvalue weighted by Crippen LogP contribution is 2.32. The molecule has 0 spiro atoms. The average molecular weight is 552 g/mol. The lowest BCUT2D eigenvalue weighted by molar-refractivity contribution is -0.384. The number of hydrogen-bond acceptors (Lipinski definition) is 8. The highest BCUT2D eigenvalue weighted by atomic mass is 16.6. The van der Waals surface area contributed by atoms with E-state index in [9.17, 15) is 39.2 Å². The highest BCUT2D eigenvalue weighted by molar-refractivity contribution is 6.35. The van der Waals surface area contributed by atoms with Crippen LogP contribution in [0.3, 0.4) is 0 Å². The maximum Gasteiger partial charge on any atom is 0.336 e. The summed E-state index contributed by atoms with van der Waals surface area (Å²) in [4.78, 5) is 73.2. The zero-order valence-corrected chi connectivity index (χ0v) is 20.6. The van der Waals surface area contributed by atoms with Gasteiger partial charge in [0.1, 0.15) is 11.5 Å². The number of carboxylic acid groups (broad SMARTS) is 2. The lowest BCUT2D eigenvalue weighted by atomic mass is 9.99. The second-order valence-electron chi connectivity index (χ2n) is 8.76. The van der Waals surface area contributed by atoms with Crippen molar-refractivity contribution in [1.29, 1.82) is 0 Å². The van der Waals surface area contributed by atoms with E-state index in [-0.39, 0.29) is 45.1 Å². The molecule has 12 nitrogen and oxygen atoms in total. The molecular weight excluding hydrogens is 536 g/mol. The minimum Gasteiger partial charge on any atom is -0.478 e. The predicted octanol–water partition coefficient (Wildman–Crippen LogP) is 4.82. The van der Waals surface area contributed by atoms with Crippen molar-refractivity contribution in [1.82, 2.24) is 0 Å². The van der Waals surface area contributed by atoms with Crippen molar-refractivity contribution in [2.24, 2.45) is 0 Å². The van der Waals surface area contributed by atoms with Crippen LogP contribution in [-0.4, -0.2) is 44.7 Å². The first-order valence-electron chi connectivity index (χ1n) is 11.8. The molecule has 4 aromatic carbocycles. The van der Waals surface area contributed by atoms with Crippen molar-refractivity contribution < 1.29 is 43.8 Å². The van der Waals surface area contributed by atoms with Gasteiger partial charge in [-0.2, -0.15) is 0 Å². The summed E-state index contributed by atoms with van der Waals surface area (Å²) in [6, 6.07) is 18.3. The summed E-state index contributed by atoms with van der Waals surface area (Å²) in [5, 5.41) is 29.5. The first-order chi connectivity index (χ1) is 19.5. The molecule has 0 saturated heterocycles. The zero-order valence-electron chi connectivity index (χ0n) is 20.6. The SMILES string of the molecule is O=C(c1cccc([N+](=O)[O-])c1)c1ccc2c(c1)C(=O)N(c1ccc(Oc3ccc(C(=O)O)c(C(=O)O)c3)cc1)C2=O. The number of carboxylic acids is 2. The molecule has 0 atom stereocenters. The molecule has 12 heteroatoms. The van der Waals surface area contributed by atoms with Crippen molar-refractivity contribution in [2.75, 3.05) is 4.90 Å². The Morgan fingerprint density at radius 1 is 0.707 bits per heavy atom. The van der Waals surface area contributed by atoms with Crippen LogP contribution in [0, 0.1) is 10.1 Å². The van der Waals surface area contributed by atoms with Crippen LogP contribution in [0.15, 0.2) is 84.9 Å². The number of benzene rings is 4. The van der Waals surface area contributed by atoms with Crippen LogP contribution in [0.5, 0.6) is 11.5 Å². The Kier molecular flexibility index (Phi) is 6.57. The highest BCUT2D eigenvalue weighted by Gasteiger charge is 2.37. The van der Waals surface area contributed by atoms with Crippen LogP contribution < -0.4 is 9.64 Å². The molecule has 2 N–H and O–H groups in total. The van der Waals surface area contributed by atoms with Crippen molar-refractivity contribution in [2.45, 2.75) is 0 Å². The fourth-order valence-electron chi connectivity index (χ4n) is 4.29. The van der Waals surface area contributed by atoms with Gasteiger partial charge in [-0.1, -0.05) is 18.2 Å². The Bertz CT molecular complexity index is 1810. The number of nitro groups is 1. The molecule has 1 aliphatic heterocycles. The van der Waals surface area contributed by atoms with Crippen molar-refractivity contribution in [3.63, 3.8) is 0 Å². The molecule has 4 aromatic rings. The van der Waals surface area contributed by atoms with E-state index >= 15 is 0 Å². The summed E-state index contributed by atoms with van der Waals surface area (Å²) in [6.45, 7) is 0.